The molecule has 0 radical (unpaired) electrons. The van der Waals surface area contributed by atoms with Crippen LogP contribution in [0.3, 0.4) is 0 Å². The topological polar surface area (TPSA) is 78.7 Å². The second-order valence-corrected chi connectivity index (χ2v) is 8.05. The van der Waals surface area contributed by atoms with Crippen LogP contribution in [0.1, 0.15) is 6.42 Å². The highest BCUT2D eigenvalue weighted by Gasteiger charge is 2.27. The van der Waals surface area contributed by atoms with Crippen LogP contribution >= 0.6 is 47.1 Å². The van der Waals surface area contributed by atoms with Crippen molar-refractivity contribution in [2.45, 2.75) is 10.8 Å². The summed E-state index contributed by atoms with van der Waals surface area (Å²) in [6.07, 6.45) is 6.42. The third-order valence-corrected chi connectivity index (χ3v) is 6.03. The second-order valence-electron chi connectivity index (χ2n) is 5.81. The third kappa shape index (κ3) is 6.07. The molecule has 3 heterocycles. The Hall–Kier alpha value is -1.34. The molecule has 2 aromatic heterocycles. The van der Waals surface area contributed by atoms with Crippen LogP contribution in [-0.2, 0) is 11.8 Å². The standard InChI is InChI=1S/C16H23N7OS2.HI/c1-17-15(18-4-3-8-25-16-19-5-9-26-16)22-6-7-23(14(24)12-22)13-10-20-21(2)11-13;/h5,9-11H,3-4,6-8,12H2,1-2H3,(H,17,18);1H. The number of aliphatic imine (C=N–C) groups is 1. The van der Waals surface area contributed by atoms with E-state index >= 15 is 0 Å². The number of halogens is 1. The SMILES string of the molecule is CN=C(NCCCSc1nccs1)N1CCN(c2cnn(C)c2)C(=O)C1.I. The van der Waals surface area contributed by atoms with Crippen molar-refractivity contribution in [3.8, 4) is 0 Å². The van der Waals surface area contributed by atoms with Crippen LogP contribution in [-0.4, -0.2) is 70.5 Å². The Morgan fingerprint density at radius 3 is 2.93 bits per heavy atom. The predicted octanol–water partition coefficient (Wildman–Crippen LogP) is 1.90. The molecule has 1 amide bonds. The van der Waals surface area contributed by atoms with Crippen molar-refractivity contribution in [2.24, 2.45) is 12.0 Å². The Kier molecular flexibility index (Phi) is 8.83. The fraction of sp³-hybridized carbons (Fsp3) is 0.500. The smallest absolute Gasteiger partial charge is 0.246 e. The average molecular weight is 521 g/mol. The van der Waals surface area contributed by atoms with Gasteiger partial charge in [-0.25, -0.2) is 4.98 Å². The van der Waals surface area contributed by atoms with Crippen molar-refractivity contribution in [3.63, 3.8) is 0 Å². The van der Waals surface area contributed by atoms with Crippen molar-refractivity contribution in [1.29, 1.82) is 0 Å². The van der Waals surface area contributed by atoms with Gasteiger partial charge in [-0.2, -0.15) is 5.10 Å². The number of aryl methyl sites for hydroxylation is 1. The van der Waals surface area contributed by atoms with Crippen molar-refractivity contribution in [2.75, 3.05) is 43.9 Å². The molecule has 1 aliphatic rings. The molecule has 0 bridgehead atoms. The van der Waals surface area contributed by atoms with Crippen LogP contribution in [0, 0.1) is 0 Å². The number of piperazine rings is 1. The zero-order chi connectivity index (χ0) is 18.4. The first-order valence-corrected chi connectivity index (χ1v) is 10.3. The molecule has 0 aromatic carbocycles. The van der Waals surface area contributed by atoms with Gasteiger partial charge in [-0.1, -0.05) is 11.8 Å². The van der Waals surface area contributed by atoms with Crippen LogP contribution in [0.15, 0.2) is 33.3 Å². The quantitative estimate of drug-likeness (QED) is 0.206. The molecule has 0 spiro atoms. The van der Waals surface area contributed by atoms with Crippen LogP contribution < -0.4 is 10.2 Å². The number of anilines is 1. The fourth-order valence-corrected chi connectivity index (χ4v) is 4.37. The molecule has 0 saturated carbocycles. The highest BCUT2D eigenvalue weighted by Crippen LogP contribution is 2.20. The zero-order valence-electron chi connectivity index (χ0n) is 15.4. The molecule has 0 atom stereocenters. The molecule has 1 saturated heterocycles. The summed E-state index contributed by atoms with van der Waals surface area (Å²) in [5.41, 5.74) is 0.847. The van der Waals surface area contributed by atoms with Gasteiger partial charge in [-0.15, -0.1) is 35.3 Å². The summed E-state index contributed by atoms with van der Waals surface area (Å²) in [6.45, 7) is 2.52. The molecule has 11 heteroatoms. The highest BCUT2D eigenvalue weighted by molar-refractivity contribution is 14.0. The van der Waals surface area contributed by atoms with E-state index in [1.165, 1.54) is 0 Å². The van der Waals surface area contributed by atoms with Gasteiger partial charge in [0.1, 0.15) is 10.9 Å². The molecular weight excluding hydrogens is 497 g/mol. The van der Waals surface area contributed by atoms with Crippen molar-refractivity contribution in [1.82, 2.24) is 25.0 Å². The van der Waals surface area contributed by atoms with E-state index in [1.54, 1.807) is 45.9 Å². The van der Waals surface area contributed by atoms with Gasteiger partial charge in [0.25, 0.3) is 0 Å². The average Bonchev–Trinajstić information content (AvgIpc) is 3.30. The zero-order valence-corrected chi connectivity index (χ0v) is 19.3. The van der Waals surface area contributed by atoms with E-state index in [-0.39, 0.29) is 29.9 Å². The second kappa shape index (κ2) is 10.9. The van der Waals surface area contributed by atoms with E-state index in [2.05, 4.69) is 20.4 Å². The molecule has 27 heavy (non-hydrogen) atoms. The highest BCUT2D eigenvalue weighted by atomic mass is 127. The third-order valence-electron chi connectivity index (χ3n) is 3.97. The van der Waals surface area contributed by atoms with Gasteiger partial charge in [0.15, 0.2) is 5.96 Å². The lowest BCUT2D eigenvalue weighted by Gasteiger charge is -2.35. The van der Waals surface area contributed by atoms with Gasteiger partial charge in [0.05, 0.1) is 11.9 Å². The molecule has 2 aromatic rings. The normalized spacial score (nSPS) is 15.0. The van der Waals surface area contributed by atoms with Crippen molar-refractivity contribution < 1.29 is 4.79 Å². The number of thioether (sulfide) groups is 1. The monoisotopic (exact) mass is 521 g/mol. The molecule has 1 N–H and O–H groups in total. The Labute approximate surface area is 184 Å². The van der Waals surface area contributed by atoms with Gasteiger partial charge in [0, 0.05) is 57.3 Å². The number of nitrogens with zero attached hydrogens (tertiary/aromatic N) is 6. The van der Waals surface area contributed by atoms with Gasteiger partial charge in [0.2, 0.25) is 5.91 Å². The number of hydrogen-bond donors (Lipinski definition) is 1. The van der Waals surface area contributed by atoms with E-state index in [1.807, 2.05) is 29.7 Å². The van der Waals surface area contributed by atoms with Crippen LogP contribution in [0.25, 0.3) is 0 Å². The first kappa shape index (κ1) is 22.0. The predicted molar refractivity (Wildman–Crippen MR) is 121 cm³/mol. The van der Waals surface area contributed by atoms with Crippen LogP contribution in [0.4, 0.5) is 5.69 Å². The summed E-state index contributed by atoms with van der Waals surface area (Å²) in [6, 6.07) is 0. The van der Waals surface area contributed by atoms with Gasteiger partial charge < -0.3 is 15.1 Å². The Morgan fingerprint density at radius 1 is 1.44 bits per heavy atom. The molecule has 1 fully saturated rings. The van der Waals surface area contributed by atoms with Crippen molar-refractivity contribution in [3.05, 3.63) is 24.0 Å². The summed E-state index contributed by atoms with van der Waals surface area (Å²) < 4.78 is 2.81. The van der Waals surface area contributed by atoms with E-state index in [4.69, 9.17) is 0 Å². The summed E-state index contributed by atoms with van der Waals surface area (Å²) in [5.74, 6) is 1.85. The first-order valence-electron chi connectivity index (χ1n) is 8.44. The van der Waals surface area contributed by atoms with E-state index in [0.717, 1.165) is 41.2 Å². The maximum atomic E-state index is 12.5. The van der Waals surface area contributed by atoms with Gasteiger partial charge >= 0.3 is 0 Å². The molecule has 148 valence electrons. The molecule has 3 rings (SSSR count). The number of carbonyl (C=O) groups is 1. The number of aromatic nitrogens is 3. The van der Waals surface area contributed by atoms with E-state index in [9.17, 15) is 4.79 Å². The fourth-order valence-electron chi connectivity index (χ4n) is 2.72. The molecular formula is C16H24IN7OS2. The number of thiazole rings is 1. The Morgan fingerprint density at radius 2 is 2.30 bits per heavy atom. The maximum absolute atomic E-state index is 12.5. The van der Waals surface area contributed by atoms with E-state index < -0.39 is 0 Å². The number of hydrogen-bond acceptors (Lipinski definition) is 6. The minimum Gasteiger partial charge on any atom is -0.356 e. The minimum atomic E-state index is 0. The minimum absolute atomic E-state index is 0. The van der Waals surface area contributed by atoms with Gasteiger partial charge in [-0.3, -0.25) is 14.5 Å². The summed E-state index contributed by atoms with van der Waals surface area (Å²) in [7, 11) is 3.60. The van der Waals surface area contributed by atoms with Crippen LogP contribution in [0.2, 0.25) is 0 Å². The maximum Gasteiger partial charge on any atom is 0.246 e. The number of nitrogens with one attached hydrogen (secondary N) is 1. The summed E-state index contributed by atoms with van der Waals surface area (Å²) >= 11 is 3.43. The number of rotatable bonds is 6. The molecule has 0 aliphatic carbocycles. The summed E-state index contributed by atoms with van der Waals surface area (Å²) in [5, 5.41) is 9.49. The Bertz CT molecular complexity index is 750. The number of amides is 1. The van der Waals surface area contributed by atoms with Gasteiger partial charge in [-0.05, 0) is 6.42 Å². The molecule has 0 unspecified atom stereocenters. The Balaban J connectivity index is 0.00000261. The van der Waals surface area contributed by atoms with Crippen molar-refractivity contribution >= 4 is 64.6 Å². The van der Waals surface area contributed by atoms with E-state index in [0.29, 0.717) is 13.1 Å². The van der Waals surface area contributed by atoms with Crippen LogP contribution in [0.5, 0.6) is 0 Å². The first-order chi connectivity index (χ1) is 12.7. The summed E-state index contributed by atoms with van der Waals surface area (Å²) in [4.78, 5) is 24.9. The molecule has 1 aliphatic heterocycles. The number of guanidine groups is 1. The lowest BCUT2D eigenvalue weighted by molar-refractivity contribution is -0.120. The molecule has 8 nitrogen and oxygen atoms in total. The lowest BCUT2D eigenvalue weighted by atomic mass is 10.3. The lowest BCUT2D eigenvalue weighted by Crippen LogP contribution is -2.55. The largest absolute Gasteiger partial charge is 0.356 e. The number of carbonyl (C=O) groups excluding carboxylic acids is 1.